The van der Waals surface area contributed by atoms with E-state index in [1.165, 1.54) is 24.2 Å². The third-order valence-electron chi connectivity index (χ3n) is 4.36. The molecule has 0 unspecified atom stereocenters. The summed E-state index contributed by atoms with van der Waals surface area (Å²) in [7, 11) is 3.30. The van der Waals surface area contributed by atoms with Crippen LogP contribution in [0, 0.1) is 0 Å². The molecule has 134 valence electrons. The first-order valence-electron chi connectivity index (χ1n) is 8.46. The maximum Gasteiger partial charge on any atom is 0.257 e. The zero-order valence-corrected chi connectivity index (χ0v) is 15.3. The van der Waals surface area contributed by atoms with E-state index < -0.39 is 0 Å². The number of anilines is 3. The molecule has 0 radical (unpaired) electrons. The lowest BCUT2D eigenvalue weighted by Crippen LogP contribution is -2.23. The van der Waals surface area contributed by atoms with E-state index in [1.807, 2.05) is 0 Å². The quantitative estimate of drug-likeness (QED) is 0.707. The third-order valence-corrected chi connectivity index (χ3v) is 4.89. The van der Waals surface area contributed by atoms with Gasteiger partial charge in [0.05, 0.1) is 23.0 Å². The summed E-state index contributed by atoms with van der Waals surface area (Å²) in [6.45, 7) is 0. The van der Waals surface area contributed by atoms with Crippen LogP contribution in [0.5, 0.6) is 5.75 Å². The summed E-state index contributed by atoms with van der Waals surface area (Å²) < 4.78 is 8.60. The van der Waals surface area contributed by atoms with E-state index in [0.717, 1.165) is 24.6 Å². The van der Waals surface area contributed by atoms with Crippen molar-refractivity contribution in [3.8, 4) is 5.75 Å². The highest BCUT2D eigenvalue weighted by atomic mass is 32.1. The minimum absolute atomic E-state index is 0.0854. The summed E-state index contributed by atoms with van der Waals surface area (Å²) in [5.41, 5.74) is 0.687. The maximum absolute atomic E-state index is 12.1. The topological polar surface area (TPSA) is 90.4 Å². The number of aromatic hydroxyl groups is 1. The fourth-order valence-corrected chi connectivity index (χ4v) is 3.47. The molecule has 8 heteroatoms. The predicted octanol–water partition coefficient (Wildman–Crippen LogP) is 3.43. The normalized spacial score (nSPS) is 15.0. The van der Waals surface area contributed by atoms with Crippen LogP contribution in [0.4, 0.5) is 17.3 Å². The second-order valence-corrected chi connectivity index (χ2v) is 7.00. The lowest BCUT2D eigenvalue weighted by molar-refractivity contribution is 0.0824. The number of phenolic OH excluding ortho intramolecular Hbond substituents is 1. The molecule has 7 nitrogen and oxygen atoms in total. The highest BCUT2D eigenvalue weighted by Gasteiger charge is 2.20. The first-order valence-corrected chi connectivity index (χ1v) is 9.19. The van der Waals surface area contributed by atoms with Crippen LogP contribution in [0.15, 0.2) is 18.2 Å². The Bertz CT molecular complexity index is 740. The Labute approximate surface area is 151 Å². The number of hydrogen-bond acceptors (Lipinski definition) is 7. The Hall–Kier alpha value is -2.35. The second kappa shape index (κ2) is 7.69. The number of rotatable bonds is 5. The van der Waals surface area contributed by atoms with Crippen molar-refractivity contribution in [1.82, 2.24) is 13.6 Å². The molecule has 25 heavy (non-hydrogen) atoms. The number of amides is 1. The van der Waals surface area contributed by atoms with Gasteiger partial charge in [-0.05, 0) is 25.0 Å². The molecule has 2 aromatic rings. The minimum atomic E-state index is -0.252. The number of nitrogens with zero attached hydrogens (tertiary/aromatic N) is 3. The van der Waals surface area contributed by atoms with Crippen LogP contribution in [-0.2, 0) is 0 Å². The van der Waals surface area contributed by atoms with Crippen molar-refractivity contribution in [2.75, 3.05) is 24.7 Å². The SMILES string of the molecule is CN(C)C(=O)c1cccc(Nc2nsnc2NC2CCCCC2)c1O. The van der Waals surface area contributed by atoms with Gasteiger partial charge in [0.1, 0.15) is 0 Å². The number of para-hydroxylation sites is 1. The molecular weight excluding hydrogens is 338 g/mol. The molecule has 3 rings (SSSR count). The third kappa shape index (κ3) is 4.01. The predicted molar refractivity (Wildman–Crippen MR) is 99.8 cm³/mol. The van der Waals surface area contributed by atoms with E-state index in [0.29, 0.717) is 23.4 Å². The summed E-state index contributed by atoms with van der Waals surface area (Å²) in [6, 6.07) is 5.45. The Morgan fingerprint density at radius 3 is 2.64 bits per heavy atom. The van der Waals surface area contributed by atoms with Crippen molar-refractivity contribution in [1.29, 1.82) is 0 Å². The molecule has 0 aliphatic heterocycles. The van der Waals surface area contributed by atoms with Gasteiger partial charge in [-0.3, -0.25) is 4.79 Å². The first-order chi connectivity index (χ1) is 12.1. The largest absolute Gasteiger partial charge is 0.505 e. The number of aromatic nitrogens is 2. The molecule has 1 saturated carbocycles. The first kappa shape index (κ1) is 17.5. The summed E-state index contributed by atoms with van der Waals surface area (Å²) in [6.07, 6.45) is 6.02. The Morgan fingerprint density at radius 2 is 1.92 bits per heavy atom. The second-order valence-electron chi connectivity index (χ2n) is 6.47. The number of nitrogens with one attached hydrogen (secondary N) is 2. The van der Waals surface area contributed by atoms with Gasteiger partial charge in [0.2, 0.25) is 0 Å². The van der Waals surface area contributed by atoms with Gasteiger partial charge in [-0.15, -0.1) is 0 Å². The monoisotopic (exact) mass is 361 g/mol. The highest BCUT2D eigenvalue weighted by Crippen LogP contribution is 2.33. The van der Waals surface area contributed by atoms with Crippen LogP contribution in [0.25, 0.3) is 0 Å². The lowest BCUT2D eigenvalue weighted by Gasteiger charge is -2.23. The minimum Gasteiger partial charge on any atom is -0.505 e. The smallest absolute Gasteiger partial charge is 0.257 e. The van der Waals surface area contributed by atoms with Crippen LogP contribution in [0.2, 0.25) is 0 Å². The molecule has 0 spiro atoms. The molecule has 1 aliphatic rings. The van der Waals surface area contributed by atoms with Gasteiger partial charge >= 0.3 is 0 Å². The zero-order valence-electron chi connectivity index (χ0n) is 14.5. The molecule has 1 aliphatic carbocycles. The number of carbonyl (C=O) groups is 1. The summed E-state index contributed by atoms with van der Waals surface area (Å²) in [5.74, 6) is 0.928. The number of carbonyl (C=O) groups excluding carboxylic acids is 1. The van der Waals surface area contributed by atoms with Gasteiger partial charge in [0.15, 0.2) is 17.4 Å². The number of benzene rings is 1. The van der Waals surface area contributed by atoms with E-state index in [1.54, 1.807) is 32.3 Å². The number of phenols is 1. The van der Waals surface area contributed by atoms with Crippen LogP contribution in [0.3, 0.4) is 0 Å². The van der Waals surface area contributed by atoms with Gasteiger partial charge in [0, 0.05) is 20.1 Å². The summed E-state index contributed by atoms with van der Waals surface area (Å²) in [4.78, 5) is 13.6. The summed E-state index contributed by atoms with van der Waals surface area (Å²) in [5, 5.41) is 17.0. The highest BCUT2D eigenvalue weighted by molar-refractivity contribution is 6.99. The molecule has 0 bridgehead atoms. The van der Waals surface area contributed by atoms with Gasteiger partial charge in [-0.25, -0.2) is 0 Å². The van der Waals surface area contributed by atoms with Gasteiger partial charge in [-0.1, -0.05) is 25.3 Å². The van der Waals surface area contributed by atoms with Crippen molar-refractivity contribution < 1.29 is 9.90 Å². The fourth-order valence-electron chi connectivity index (χ4n) is 2.99. The van der Waals surface area contributed by atoms with Crippen molar-refractivity contribution in [3.63, 3.8) is 0 Å². The molecule has 1 heterocycles. The van der Waals surface area contributed by atoms with Gasteiger partial charge in [-0.2, -0.15) is 8.75 Å². The molecule has 1 fully saturated rings. The van der Waals surface area contributed by atoms with Gasteiger partial charge in [0.25, 0.3) is 5.91 Å². The summed E-state index contributed by atoms with van der Waals surface area (Å²) >= 11 is 1.11. The van der Waals surface area contributed by atoms with Gasteiger partial charge < -0.3 is 20.6 Å². The van der Waals surface area contributed by atoms with E-state index in [2.05, 4.69) is 19.4 Å². The Balaban J connectivity index is 1.78. The number of hydrogen-bond donors (Lipinski definition) is 3. The van der Waals surface area contributed by atoms with Crippen LogP contribution >= 0.6 is 11.7 Å². The molecule has 0 atom stereocenters. The van der Waals surface area contributed by atoms with Crippen LogP contribution in [-0.4, -0.2) is 44.8 Å². The lowest BCUT2D eigenvalue weighted by atomic mass is 9.95. The van der Waals surface area contributed by atoms with Crippen LogP contribution in [0.1, 0.15) is 42.5 Å². The molecule has 1 aromatic carbocycles. The molecule has 1 amide bonds. The van der Waals surface area contributed by atoms with E-state index in [9.17, 15) is 9.90 Å². The average Bonchev–Trinajstić information content (AvgIpc) is 3.04. The molecular formula is C17H23N5O2S. The van der Waals surface area contributed by atoms with Crippen molar-refractivity contribution in [3.05, 3.63) is 23.8 Å². The fraction of sp³-hybridized carbons (Fsp3) is 0.471. The van der Waals surface area contributed by atoms with E-state index in [-0.39, 0.29) is 17.2 Å². The standard InChI is InChI=1S/C17H23N5O2S/c1-22(2)17(24)12-9-6-10-13(14(12)23)19-16-15(20-25-21-16)18-11-7-4-3-5-8-11/h6,9-11,23H,3-5,7-8H2,1-2H3,(H,18,20)(H,19,21). The average molecular weight is 361 g/mol. The molecule has 3 N–H and O–H groups in total. The van der Waals surface area contributed by atoms with E-state index in [4.69, 9.17) is 0 Å². The van der Waals surface area contributed by atoms with E-state index >= 15 is 0 Å². The Morgan fingerprint density at radius 1 is 1.20 bits per heavy atom. The molecule has 1 aromatic heterocycles. The van der Waals surface area contributed by atoms with Crippen LogP contribution < -0.4 is 10.6 Å². The molecule has 0 saturated heterocycles. The maximum atomic E-state index is 12.1. The zero-order chi connectivity index (χ0) is 17.8. The Kier molecular flexibility index (Phi) is 5.37. The van der Waals surface area contributed by atoms with Crippen molar-refractivity contribution in [2.24, 2.45) is 0 Å². The van der Waals surface area contributed by atoms with Crippen molar-refractivity contribution >= 4 is 35.0 Å². The van der Waals surface area contributed by atoms with Crippen molar-refractivity contribution in [2.45, 2.75) is 38.1 Å².